The molecule has 1 heterocycles. The predicted molar refractivity (Wildman–Crippen MR) is 78.1 cm³/mol. The van der Waals surface area contributed by atoms with Crippen LogP contribution in [0.3, 0.4) is 0 Å². The second-order valence-electron chi connectivity index (χ2n) is 5.12. The fourth-order valence-electron chi connectivity index (χ4n) is 2.49. The highest BCUT2D eigenvalue weighted by molar-refractivity contribution is 6.05. The van der Waals surface area contributed by atoms with E-state index in [9.17, 15) is 25.2 Å². The van der Waals surface area contributed by atoms with E-state index < -0.39 is 23.7 Å². The van der Waals surface area contributed by atoms with Crippen LogP contribution in [0.4, 0.5) is 0 Å². The highest BCUT2D eigenvalue weighted by Gasteiger charge is 2.39. The van der Waals surface area contributed by atoms with Gasteiger partial charge in [-0.05, 0) is 17.7 Å². The SMILES string of the molecule is COc1cc(O)c2c(c1)O[C@H](c1ccc(O)c(O)c1)[C@@H](O)C2=O. The quantitative estimate of drug-likeness (QED) is 0.620. The maximum Gasteiger partial charge on any atom is 0.202 e. The van der Waals surface area contributed by atoms with Crippen molar-refractivity contribution in [2.45, 2.75) is 12.2 Å². The normalized spacial score (nSPS) is 19.8. The first kappa shape index (κ1) is 15.0. The summed E-state index contributed by atoms with van der Waals surface area (Å²) in [4.78, 5) is 12.3. The van der Waals surface area contributed by atoms with Crippen LogP contribution in [-0.4, -0.2) is 39.4 Å². The van der Waals surface area contributed by atoms with Crippen molar-refractivity contribution >= 4 is 5.78 Å². The number of fused-ring (bicyclic) bond motifs is 1. The van der Waals surface area contributed by atoms with Gasteiger partial charge in [0.2, 0.25) is 5.78 Å². The van der Waals surface area contributed by atoms with Gasteiger partial charge in [0.25, 0.3) is 0 Å². The monoisotopic (exact) mass is 318 g/mol. The Balaban J connectivity index is 2.08. The van der Waals surface area contributed by atoms with Crippen molar-refractivity contribution in [2.75, 3.05) is 7.11 Å². The summed E-state index contributed by atoms with van der Waals surface area (Å²) >= 11 is 0. The minimum absolute atomic E-state index is 0.0646. The molecule has 7 nitrogen and oxygen atoms in total. The van der Waals surface area contributed by atoms with Crippen molar-refractivity contribution in [1.29, 1.82) is 0 Å². The molecule has 0 amide bonds. The highest BCUT2D eigenvalue weighted by atomic mass is 16.5. The Bertz CT molecular complexity index is 784. The van der Waals surface area contributed by atoms with E-state index in [0.717, 1.165) is 0 Å². The molecule has 0 spiro atoms. The molecule has 0 saturated carbocycles. The Morgan fingerprint density at radius 3 is 2.43 bits per heavy atom. The van der Waals surface area contributed by atoms with Crippen LogP contribution in [0, 0.1) is 0 Å². The maximum absolute atomic E-state index is 12.3. The number of aliphatic hydroxyl groups excluding tert-OH is 1. The molecule has 0 saturated heterocycles. The highest BCUT2D eigenvalue weighted by Crippen LogP contribution is 2.42. The number of hydrogen-bond acceptors (Lipinski definition) is 7. The average molecular weight is 318 g/mol. The molecule has 3 rings (SSSR count). The van der Waals surface area contributed by atoms with Gasteiger partial charge in [0.15, 0.2) is 23.7 Å². The molecule has 2 aromatic carbocycles. The second-order valence-corrected chi connectivity index (χ2v) is 5.12. The number of phenolic OH excluding ortho intramolecular Hbond substituents is 3. The van der Waals surface area contributed by atoms with Crippen molar-refractivity contribution in [3.8, 4) is 28.7 Å². The van der Waals surface area contributed by atoms with Gasteiger partial charge in [0.05, 0.1) is 7.11 Å². The number of phenols is 3. The van der Waals surface area contributed by atoms with E-state index in [0.29, 0.717) is 5.56 Å². The number of rotatable bonds is 2. The van der Waals surface area contributed by atoms with E-state index in [1.54, 1.807) is 0 Å². The number of ketones is 1. The largest absolute Gasteiger partial charge is 0.507 e. The van der Waals surface area contributed by atoms with Crippen molar-refractivity contribution < 1.29 is 34.7 Å². The standard InChI is InChI=1S/C16H14O7/c1-22-8-5-11(19)13-12(6-8)23-16(15(21)14(13)20)7-2-3-9(17)10(18)4-7/h2-6,15-19,21H,1H3/t15-,16+/m0/s1. The van der Waals surface area contributed by atoms with E-state index in [4.69, 9.17) is 9.47 Å². The number of aliphatic hydroxyl groups is 1. The lowest BCUT2D eigenvalue weighted by Gasteiger charge is -2.30. The zero-order chi connectivity index (χ0) is 16.7. The van der Waals surface area contributed by atoms with Gasteiger partial charge in [-0.1, -0.05) is 6.07 Å². The Kier molecular flexibility index (Phi) is 3.49. The molecule has 2 atom stereocenters. The van der Waals surface area contributed by atoms with Gasteiger partial charge in [-0.2, -0.15) is 0 Å². The summed E-state index contributed by atoms with van der Waals surface area (Å²) in [5, 5.41) is 39.0. The molecule has 0 aliphatic carbocycles. The van der Waals surface area contributed by atoms with Gasteiger partial charge in [0.1, 0.15) is 22.8 Å². The Hall–Kier alpha value is -2.93. The van der Waals surface area contributed by atoms with E-state index in [-0.39, 0.29) is 28.6 Å². The number of methoxy groups -OCH3 is 1. The lowest BCUT2D eigenvalue weighted by Crippen LogP contribution is -2.36. The van der Waals surface area contributed by atoms with Crippen molar-refractivity contribution in [2.24, 2.45) is 0 Å². The van der Waals surface area contributed by atoms with Crippen LogP contribution >= 0.6 is 0 Å². The van der Waals surface area contributed by atoms with Crippen LogP contribution in [0.1, 0.15) is 22.0 Å². The fraction of sp³-hybridized carbons (Fsp3) is 0.188. The van der Waals surface area contributed by atoms with Gasteiger partial charge in [-0.25, -0.2) is 0 Å². The van der Waals surface area contributed by atoms with E-state index in [1.165, 1.54) is 37.4 Å². The Morgan fingerprint density at radius 1 is 1.04 bits per heavy atom. The summed E-state index contributed by atoms with van der Waals surface area (Å²) in [6.07, 6.45) is -2.65. The van der Waals surface area contributed by atoms with Crippen LogP contribution < -0.4 is 9.47 Å². The first-order valence-corrected chi connectivity index (χ1v) is 6.74. The van der Waals surface area contributed by atoms with Gasteiger partial charge >= 0.3 is 0 Å². The Morgan fingerprint density at radius 2 is 1.78 bits per heavy atom. The van der Waals surface area contributed by atoms with E-state index in [2.05, 4.69) is 0 Å². The minimum Gasteiger partial charge on any atom is -0.507 e. The minimum atomic E-state index is -1.56. The average Bonchev–Trinajstić information content (AvgIpc) is 2.52. The molecule has 0 radical (unpaired) electrons. The number of benzene rings is 2. The number of carbonyl (C=O) groups excluding carboxylic acids is 1. The lowest BCUT2D eigenvalue weighted by atomic mass is 9.92. The van der Waals surface area contributed by atoms with Gasteiger partial charge in [-0.15, -0.1) is 0 Å². The zero-order valence-electron chi connectivity index (χ0n) is 12.1. The van der Waals surface area contributed by atoms with Crippen molar-refractivity contribution in [3.05, 3.63) is 41.5 Å². The number of ether oxygens (including phenoxy) is 2. The molecule has 4 N–H and O–H groups in total. The molecule has 0 unspecified atom stereocenters. The Labute approximate surface area is 131 Å². The number of aromatic hydroxyl groups is 3. The third-order valence-corrected chi connectivity index (χ3v) is 3.67. The van der Waals surface area contributed by atoms with Crippen LogP contribution in [0.15, 0.2) is 30.3 Å². The van der Waals surface area contributed by atoms with Crippen LogP contribution in [-0.2, 0) is 0 Å². The summed E-state index contributed by atoms with van der Waals surface area (Å²) in [6, 6.07) is 6.51. The predicted octanol–water partition coefficient (Wildman–Crippen LogP) is 1.49. The van der Waals surface area contributed by atoms with Crippen LogP contribution in [0.5, 0.6) is 28.7 Å². The molecule has 23 heavy (non-hydrogen) atoms. The first-order chi connectivity index (χ1) is 10.9. The third kappa shape index (κ3) is 2.40. The molecule has 0 bridgehead atoms. The topological polar surface area (TPSA) is 116 Å². The van der Waals surface area contributed by atoms with Gasteiger partial charge < -0.3 is 29.9 Å². The van der Waals surface area contributed by atoms with Crippen molar-refractivity contribution in [3.63, 3.8) is 0 Å². The van der Waals surface area contributed by atoms with Gasteiger partial charge in [0, 0.05) is 12.1 Å². The summed E-state index contributed by atoms with van der Waals surface area (Å²) in [6.45, 7) is 0. The number of hydrogen-bond donors (Lipinski definition) is 4. The lowest BCUT2D eigenvalue weighted by molar-refractivity contribution is 0.0210. The summed E-state index contributed by atoms with van der Waals surface area (Å²) in [7, 11) is 1.40. The van der Waals surface area contributed by atoms with Crippen LogP contribution in [0.2, 0.25) is 0 Å². The summed E-state index contributed by atoms with van der Waals surface area (Å²) in [5.74, 6) is -1.43. The summed E-state index contributed by atoms with van der Waals surface area (Å²) < 4.78 is 10.6. The zero-order valence-corrected chi connectivity index (χ0v) is 12.1. The van der Waals surface area contributed by atoms with Gasteiger partial charge in [-0.3, -0.25) is 4.79 Å². The first-order valence-electron chi connectivity index (χ1n) is 6.74. The van der Waals surface area contributed by atoms with E-state index in [1.807, 2.05) is 0 Å². The smallest absolute Gasteiger partial charge is 0.202 e. The van der Waals surface area contributed by atoms with E-state index >= 15 is 0 Å². The summed E-state index contributed by atoms with van der Waals surface area (Å²) in [5.41, 5.74) is 0.173. The molecule has 7 heteroatoms. The molecule has 1 aliphatic rings. The number of Topliss-reactive ketones (excluding diaryl/α,β-unsaturated/α-hetero) is 1. The molecule has 0 fully saturated rings. The second kappa shape index (κ2) is 5.36. The fourth-order valence-corrected chi connectivity index (χ4v) is 2.49. The third-order valence-electron chi connectivity index (χ3n) is 3.67. The van der Waals surface area contributed by atoms with Crippen LogP contribution in [0.25, 0.3) is 0 Å². The maximum atomic E-state index is 12.3. The molecular weight excluding hydrogens is 304 g/mol. The molecule has 0 aromatic heterocycles. The van der Waals surface area contributed by atoms with Crippen molar-refractivity contribution in [1.82, 2.24) is 0 Å². The molecule has 1 aliphatic heterocycles. The molecule has 120 valence electrons. The molecular formula is C16H14O7. The number of carbonyl (C=O) groups is 1. The molecule has 2 aromatic rings.